The van der Waals surface area contributed by atoms with E-state index in [2.05, 4.69) is 0 Å². The first-order valence-electron chi connectivity index (χ1n) is 5.01. The van der Waals surface area contributed by atoms with Gasteiger partial charge < -0.3 is 10.6 Å². The molecule has 0 amide bonds. The molecule has 0 atom stereocenters. The first-order chi connectivity index (χ1) is 7.33. The molecule has 2 N–H and O–H groups in total. The van der Waals surface area contributed by atoms with Gasteiger partial charge in [-0.05, 0) is 31.5 Å². The van der Waals surface area contributed by atoms with Crippen LogP contribution in [0.5, 0.6) is 0 Å². The van der Waals surface area contributed by atoms with E-state index in [1.165, 1.54) is 4.90 Å². The highest BCUT2D eigenvalue weighted by molar-refractivity contribution is 5.59. The number of alkyl halides is 3. The Kier molecular flexibility index (Phi) is 3.67. The van der Waals surface area contributed by atoms with E-state index in [9.17, 15) is 13.2 Å². The molecule has 0 aliphatic heterocycles. The van der Waals surface area contributed by atoms with Crippen LogP contribution in [0.15, 0.2) is 18.2 Å². The Balaban J connectivity index is 2.91. The number of nitrogens with zero attached hydrogens (tertiary/aromatic N) is 1. The minimum atomic E-state index is -4.20. The highest BCUT2D eigenvalue weighted by Crippen LogP contribution is 2.24. The van der Waals surface area contributed by atoms with E-state index >= 15 is 0 Å². The van der Waals surface area contributed by atoms with E-state index in [0.29, 0.717) is 17.9 Å². The molecule has 5 heteroatoms. The van der Waals surface area contributed by atoms with Crippen LogP contribution in [-0.4, -0.2) is 19.3 Å². The quantitative estimate of drug-likeness (QED) is 0.812. The molecule has 0 saturated carbocycles. The number of hydrogen-bond donors (Lipinski definition) is 1. The average molecular weight is 232 g/mol. The third-order valence-electron chi connectivity index (χ3n) is 2.38. The molecule has 0 fully saturated rings. The van der Waals surface area contributed by atoms with Gasteiger partial charge in [0.25, 0.3) is 0 Å². The molecule has 90 valence electrons. The number of hydrogen-bond acceptors (Lipinski definition) is 2. The second-order valence-electron chi connectivity index (χ2n) is 3.67. The van der Waals surface area contributed by atoms with Gasteiger partial charge >= 0.3 is 6.18 Å². The molecule has 1 aromatic rings. The summed E-state index contributed by atoms with van der Waals surface area (Å²) in [6.45, 7) is 2.84. The molecule has 0 spiro atoms. The Bertz CT molecular complexity index is 361. The summed E-state index contributed by atoms with van der Waals surface area (Å²) in [7, 11) is 0. The van der Waals surface area contributed by atoms with Crippen LogP contribution in [-0.2, 0) is 0 Å². The Morgan fingerprint density at radius 3 is 2.38 bits per heavy atom. The molecule has 0 bridgehead atoms. The first kappa shape index (κ1) is 12.7. The topological polar surface area (TPSA) is 29.3 Å². The van der Waals surface area contributed by atoms with Crippen LogP contribution in [0.1, 0.15) is 12.5 Å². The second kappa shape index (κ2) is 4.63. The van der Waals surface area contributed by atoms with Gasteiger partial charge in [-0.1, -0.05) is 6.07 Å². The van der Waals surface area contributed by atoms with Crippen LogP contribution >= 0.6 is 0 Å². The van der Waals surface area contributed by atoms with Gasteiger partial charge in [0.2, 0.25) is 0 Å². The van der Waals surface area contributed by atoms with E-state index in [1.807, 2.05) is 6.92 Å². The molecule has 16 heavy (non-hydrogen) atoms. The smallest absolute Gasteiger partial charge is 0.398 e. The molecule has 1 aromatic carbocycles. The van der Waals surface area contributed by atoms with E-state index < -0.39 is 12.7 Å². The summed E-state index contributed by atoms with van der Waals surface area (Å²) in [4.78, 5) is 1.25. The summed E-state index contributed by atoms with van der Waals surface area (Å²) in [6.07, 6.45) is -4.20. The van der Waals surface area contributed by atoms with Crippen LogP contribution in [0.4, 0.5) is 24.5 Å². The SMILES string of the molecule is CCN(CC(F)(F)F)c1ccc(C)c(N)c1. The number of halogens is 3. The predicted molar refractivity (Wildman–Crippen MR) is 59.5 cm³/mol. The third-order valence-corrected chi connectivity index (χ3v) is 2.38. The van der Waals surface area contributed by atoms with Crippen molar-refractivity contribution in [2.75, 3.05) is 23.7 Å². The molecule has 0 heterocycles. The van der Waals surface area contributed by atoms with Crippen LogP contribution in [0.3, 0.4) is 0 Å². The Morgan fingerprint density at radius 2 is 1.94 bits per heavy atom. The summed E-state index contributed by atoms with van der Waals surface area (Å²) in [6, 6.07) is 4.95. The van der Waals surface area contributed by atoms with Gasteiger partial charge in [-0.2, -0.15) is 13.2 Å². The standard InChI is InChI=1S/C11H15F3N2/c1-3-16(7-11(12,13)14)9-5-4-8(2)10(15)6-9/h4-6H,3,7,15H2,1-2H3. The fraction of sp³-hybridized carbons (Fsp3) is 0.455. The fourth-order valence-electron chi connectivity index (χ4n) is 1.43. The molecule has 2 nitrogen and oxygen atoms in total. The average Bonchev–Trinajstić information content (AvgIpc) is 2.17. The molecule has 0 unspecified atom stereocenters. The summed E-state index contributed by atoms with van der Waals surface area (Å²) in [5.74, 6) is 0. The Hall–Kier alpha value is -1.39. The molecule has 0 saturated heterocycles. The summed E-state index contributed by atoms with van der Waals surface area (Å²) < 4.78 is 36.9. The zero-order valence-corrected chi connectivity index (χ0v) is 9.30. The molecule has 0 aromatic heterocycles. The van der Waals surface area contributed by atoms with Crippen molar-refractivity contribution in [2.24, 2.45) is 0 Å². The van der Waals surface area contributed by atoms with Gasteiger partial charge in [-0.3, -0.25) is 0 Å². The van der Waals surface area contributed by atoms with Gasteiger partial charge in [0.05, 0.1) is 0 Å². The monoisotopic (exact) mass is 232 g/mol. The maximum absolute atomic E-state index is 12.3. The van der Waals surface area contributed by atoms with Gasteiger partial charge in [0.1, 0.15) is 6.54 Å². The zero-order valence-electron chi connectivity index (χ0n) is 9.30. The minimum Gasteiger partial charge on any atom is -0.398 e. The van der Waals surface area contributed by atoms with Crippen molar-refractivity contribution in [3.63, 3.8) is 0 Å². The molecule has 0 aliphatic carbocycles. The number of benzene rings is 1. The highest BCUT2D eigenvalue weighted by atomic mass is 19.4. The lowest BCUT2D eigenvalue weighted by Gasteiger charge is -2.24. The van der Waals surface area contributed by atoms with Crippen molar-refractivity contribution in [3.05, 3.63) is 23.8 Å². The van der Waals surface area contributed by atoms with E-state index in [-0.39, 0.29) is 0 Å². The molecular weight excluding hydrogens is 217 g/mol. The van der Waals surface area contributed by atoms with Gasteiger partial charge in [-0.15, -0.1) is 0 Å². The zero-order chi connectivity index (χ0) is 12.3. The third kappa shape index (κ3) is 3.32. The van der Waals surface area contributed by atoms with Crippen molar-refractivity contribution in [3.8, 4) is 0 Å². The highest BCUT2D eigenvalue weighted by Gasteiger charge is 2.30. The number of rotatable bonds is 3. The van der Waals surface area contributed by atoms with Crippen molar-refractivity contribution < 1.29 is 13.2 Å². The lowest BCUT2D eigenvalue weighted by molar-refractivity contribution is -0.119. The van der Waals surface area contributed by atoms with Crippen LogP contribution in [0.25, 0.3) is 0 Å². The van der Waals surface area contributed by atoms with Crippen molar-refractivity contribution in [1.29, 1.82) is 0 Å². The summed E-state index contributed by atoms with van der Waals surface area (Å²) in [5.41, 5.74) is 7.55. The number of anilines is 2. The van der Waals surface area contributed by atoms with Crippen molar-refractivity contribution in [2.45, 2.75) is 20.0 Å². The van der Waals surface area contributed by atoms with E-state index in [1.54, 1.807) is 25.1 Å². The fourth-order valence-corrected chi connectivity index (χ4v) is 1.43. The number of nitrogens with two attached hydrogens (primary N) is 1. The van der Waals surface area contributed by atoms with Crippen molar-refractivity contribution >= 4 is 11.4 Å². The van der Waals surface area contributed by atoms with E-state index in [0.717, 1.165) is 5.56 Å². The van der Waals surface area contributed by atoms with Crippen LogP contribution in [0, 0.1) is 6.92 Å². The van der Waals surface area contributed by atoms with Gasteiger partial charge in [0.15, 0.2) is 0 Å². The Morgan fingerprint density at radius 1 is 1.31 bits per heavy atom. The maximum atomic E-state index is 12.3. The number of aryl methyl sites for hydroxylation is 1. The van der Waals surface area contributed by atoms with Gasteiger partial charge in [0, 0.05) is 17.9 Å². The maximum Gasteiger partial charge on any atom is 0.405 e. The number of nitrogen functional groups attached to an aromatic ring is 1. The minimum absolute atomic E-state index is 0.294. The summed E-state index contributed by atoms with van der Waals surface area (Å²) >= 11 is 0. The molecule has 1 rings (SSSR count). The lowest BCUT2D eigenvalue weighted by atomic mass is 10.1. The Labute approximate surface area is 92.9 Å². The normalized spacial score (nSPS) is 11.6. The predicted octanol–water partition coefficient (Wildman–Crippen LogP) is 2.97. The molecule has 0 radical (unpaired) electrons. The van der Waals surface area contributed by atoms with Crippen LogP contribution < -0.4 is 10.6 Å². The summed E-state index contributed by atoms with van der Waals surface area (Å²) in [5, 5.41) is 0. The van der Waals surface area contributed by atoms with Crippen LogP contribution in [0.2, 0.25) is 0 Å². The largest absolute Gasteiger partial charge is 0.405 e. The molecular formula is C11H15F3N2. The molecule has 0 aliphatic rings. The lowest BCUT2D eigenvalue weighted by Crippen LogP contribution is -2.34. The van der Waals surface area contributed by atoms with Gasteiger partial charge in [-0.25, -0.2) is 0 Å². The van der Waals surface area contributed by atoms with Crippen molar-refractivity contribution in [1.82, 2.24) is 0 Å². The second-order valence-corrected chi connectivity index (χ2v) is 3.67. The van der Waals surface area contributed by atoms with E-state index in [4.69, 9.17) is 5.73 Å². The first-order valence-corrected chi connectivity index (χ1v) is 5.01.